The quantitative estimate of drug-likeness (QED) is 0.199. The summed E-state index contributed by atoms with van der Waals surface area (Å²) in [6.45, 7) is 4.08. The molecular weight excluding hydrogens is 570 g/mol. The van der Waals surface area contributed by atoms with Crippen LogP contribution >= 0.6 is 22.9 Å². The second-order valence-electron chi connectivity index (χ2n) is 10.3. The molecular formula is C32H28ClN5O3S. The molecule has 2 amide bonds. The van der Waals surface area contributed by atoms with Gasteiger partial charge in [0, 0.05) is 60.6 Å². The third-order valence-corrected chi connectivity index (χ3v) is 8.69. The van der Waals surface area contributed by atoms with Crippen LogP contribution in [0.25, 0.3) is 0 Å². The highest BCUT2D eigenvalue weighted by molar-refractivity contribution is 7.18. The largest absolute Gasteiger partial charge is 0.369 e. The number of nitrogens with one attached hydrogen (secondary N) is 2. The number of fused-ring (bicyclic) bond motifs is 1. The first-order valence-electron chi connectivity index (χ1n) is 13.6. The standard InChI is InChI=1S/C32H28ClN5O3S/c1-37-13-15-38(16-14-37)24-8-6-22(7-9-24)34-19-26-25-10-5-21(18-27(25)36-31(26)40)30(39)20-3-2-4-23(17-20)35-32(41)28-11-12-29(33)42-28/h2-12,17-19,26H,13-16H2,1H3,(H,35,41)(H,36,40). The summed E-state index contributed by atoms with van der Waals surface area (Å²) >= 11 is 7.12. The Morgan fingerprint density at radius 3 is 2.48 bits per heavy atom. The fourth-order valence-electron chi connectivity index (χ4n) is 5.09. The van der Waals surface area contributed by atoms with Crippen LogP contribution in [0.2, 0.25) is 4.34 Å². The highest BCUT2D eigenvalue weighted by Crippen LogP contribution is 2.34. The number of thiophene rings is 1. The summed E-state index contributed by atoms with van der Waals surface area (Å²) in [7, 11) is 2.14. The zero-order chi connectivity index (χ0) is 29.2. The van der Waals surface area contributed by atoms with E-state index in [9.17, 15) is 14.4 Å². The number of likely N-dealkylation sites (N-methyl/N-ethyl adjacent to an activating group) is 1. The van der Waals surface area contributed by atoms with Gasteiger partial charge in [-0.25, -0.2) is 0 Å². The first-order chi connectivity index (χ1) is 20.3. The van der Waals surface area contributed by atoms with Crippen molar-refractivity contribution in [3.8, 4) is 0 Å². The van der Waals surface area contributed by atoms with Gasteiger partial charge in [-0.2, -0.15) is 0 Å². The van der Waals surface area contributed by atoms with E-state index in [-0.39, 0.29) is 17.6 Å². The van der Waals surface area contributed by atoms with E-state index < -0.39 is 5.92 Å². The van der Waals surface area contributed by atoms with Gasteiger partial charge >= 0.3 is 0 Å². The number of amides is 2. The van der Waals surface area contributed by atoms with Crippen LogP contribution in [0.5, 0.6) is 0 Å². The summed E-state index contributed by atoms with van der Waals surface area (Å²) in [5.74, 6) is -1.26. The lowest BCUT2D eigenvalue weighted by Crippen LogP contribution is -2.44. The number of carbonyl (C=O) groups is 3. The molecule has 1 saturated heterocycles. The van der Waals surface area contributed by atoms with Gasteiger partial charge in [-0.3, -0.25) is 19.4 Å². The fourth-order valence-corrected chi connectivity index (χ4v) is 6.02. The minimum absolute atomic E-state index is 0.189. The Hall–Kier alpha value is -4.31. The van der Waals surface area contributed by atoms with Crippen molar-refractivity contribution >= 4 is 69.5 Å². The van der Waals surface area contributed by atoms with Crippen molar-refractivity contribution in [3.63, 3.8) is 0 Å². The molecule has 4 aromatic rings. The Morgan fingerprint density at radius 2 is 1.74 bits per heavy atom. The molecule has 1 aromatic heterocycles. The number of carbonyl (C=O) groups excluding carboxylic acids is 3. The van der Waals surface area contributed by atoms with Gasteiger partial charge in [-0.05, 0) is 67.2 Å². The number of anilines is 3. The van der Waals surface area contributed by atoms with Crippen molar-refractivity contribution in [2.45, 2.75) is 5.92 Å². The average Bonchev–Trinajstić information content (AvgIpc) is 3.58. The lowest BCUT2D eigenvalue weighted by atomic mass is 9.97. The van der Waals surface area contributed by atoms with Crippen molar-refractivity contribution in [1.82, 2.24) is 4.90 Å². The summed E-state index contributed by atoms with van der Waals surface area (Å²) < 4.78 is 0.525. The fraction of sp³-hybridized carbons (Fsp3) is 0.188. The van der Waals surface area contributed by atoms with E-state index in [1.54, 1.807) is 60.8 Å². The average molecular weight is 598 g/mol. The molecule has 1 fully saturated rings. The first kappa shape index (κ1) is 27.8. The van der Waals surface area contributed by atoms with E-state index in [1.807, 2.05) is 12.1 Å². The van der Waals surface area contributed by atoms with E-state index in [2.05, 4.69) is 44.6 Å². The Labute approximate surface area is 252 Å². The number of benzene rings is 3. The van der Waals surface area contributed by atoms with Crippen molar-refractivity contribution in [2.75, 3.05) is 48.8 Å². The number of halogens is 1. The molecule has 2 aliphatic heterocycles. The number of piperazine rings is 1. The molecule has 0 spiro atoms. The smallest absolute Gasteiger partial charge is 0.265 e. The Balaban J connectivity index is 1.13. The van der Waals surface area contributed by atoms with Gasteiger partial charge in [0.25, 0.3) is 5.91 Å². The topological polar surface area (TPSA) is 94.1 Å². The lowest BCUT2D eigenvalue weighted by molar-refractivity contribution is -0.115. The van der Waals surface area contributed by atoms with Crippen LogP contribution < -0.4 is 15.5 Å². The number of hydrogen-bond donors (Lipinski definition) is 2. The number of aliphatic imine (C=N–C) groups is 1. The molecule has 0 saturated carbocycles. The van der Waals surface area contributed by atoms with Crippen molar-refractivity contribution in [3.05, 3.63) is 105 Å². The summed E-state index contributed by atoms with van der Waals surface area (Å²) in [4.78, 5) is 48.4. The van der Waals surface area contributed by atoms with Gasteiger partial charge in [0.2, 0.25) is 5.91 Å². The molecule has 3 heterocycles. The van der Waals surface area contributed by atoms with E-state index in [0.29, 0.717) is 31.7 Å². The number of ketones is 1. The van der Waals surface area contributed by atoms with Gasteiger partial charge < -0.3 is 20.4 Å². The zero-order valence-corrected chi connectivity index (χ0v) is 24.4. The summed E-state index contributed by atoms with van der Waals surface area (Å²) in [5, 5.41) is 5.69. The predicted octanol–water partition coefficient (Wildman–Crippen LogP) is 6.07. The first-order valence-corrected chi connectivity index (χ1v) is 14.8. The van der Waals surface area contributed by atoms with Gasteiger partial charge in [0.05, 0.1) is 14.9 Å². The van der Waals surface area contributed by atoms with Crippen LogP contribution in [0.15, 0.2) is 83.9 Å². The molecule has 6 rings (SSSR count). The summed E-state index contributed by atoms with van der Waals surface area (Å²) in [5.41, 5.74) is 4.65. The minimum Gasteiger partial charge on any atom is -0.369 e. The Bertz CT molecular complexity index is 1690. The number of hydrogen-bond acceptors (Lipinski definition) is 7. The van der Waals surface area contributed by atoms with Crippen LogP contribution in [0, 0.1) is 0 Å². The van der Waals surface area contributed by atoms with E-state index in [1.165, 1.54) is 17.0 Å². The third-order valence-electron chi connectivity index (χ3n) is 7.46. The maximum Gasteiger partial charge on any atom is 0.265 e. The zero-order valence-electron chi connectivity index (χ0n) is 22.8. The van der Waals surface area contributed by atoms with E-state index >= 15 is 0 Å². The van der Waals surface area contributed by atoms with Crippen LogP contribution in [0.3, 0.4) is 0 Å². The van der Waals surface area contributed by atoms with Crippen molar-refractivity contribution in [2.24, 2.45) is 4.99 Å². The highest BCUT2D eigenvalue weighted by atomic mass is 35.5. The van der Waals surface area contributed by atoms with E-state index in [4.69, 9.17) is 11.6 Å². The number of nitrogens with zero attached hydrogens (tertiary/aromatic N) is 3. The van der Waals surface area contributed by atoms with Gasteiger partial charge in [0.15, 0.2) is 5.78 Å². The minimum atomic E-state index is -0.550. The lowest BCUT2D eigenvalue weighted by Gasteiger charge is -2.34. The molecule has 0 bridgehead atoms. The molecule has 2 N–H and O–H groups in total. The van der Waals surface area contributed by atoms with Crippen LogP contribution in [-0.4, -0.2) is 61.9 Å². The molecule has 1 atom stereocenters. The SMILES string of the molecule is CN1CCN(c2ccc(N=CC3C(=O)Nc4cc(C(=O)c5cccc(NC(=O)c6ccc(Cl)s6)c5)ccc43)cc2)CC1. The molecule has 10 heteroatoms. The predicted molar refractivity (Wildman–Crippen MR) is 169 cm³/mol. The van der Waals surface area contributed by atoms with Crippen molar-refractivity contribution < 1.29 is 14.4 Å². The number of rotatable bonds is 7. The normalized spacial score (nSPS) is 16.9. The van der Waals surface area contributed by atoms with Gasteiger partial charge in [-0.15, -0.1) is 11.3 Å². The maximum atomic E-state index is 13.3. The monoisotopic (exact) mass is 597 g/mol. The molecule has 8 nitrogen and oxygen atoms in total. The molecule has 0 aliphatic carbocycles. The Morgan fingerprint density at radius 1 is 0.976 bits per heavy atom. The van der Waals surface area contributed by atoms with Gasteiger partial charge in [0.1, 0.15) is 5.92 Å². The maximum absolute atomic E-state index is 13.3. The van der Waals surface area contributed by atoms with Crippen LogP contribution in [-0.2, 0) is 4.79 Å². The molecule has 2 aliphatic rings. The van der Waals surface area contributed by atoms with Crippen LogP contribution in [0.4, 0.5) is 22.7 Å². The summed E-state index contributed by atoms with van der Waals surface area (Å²) in [6, 6.07) is 23.3. The van der Waals surface area contributed by atoms with Crippen molar-refractivity contribution in [1.29, 1.82) is 0 Å². The van der Waals surface area contributed by atoms with E-state index in [0.717, 1.165) is 37.4 Å². The Kier molecular flexibility index (Phi) is 7.88. The molecule has 42 heavy (non-hydrogen) atoms. The molecule has 212 valence electrons. The molecule has 1 unspecified atom stereocenters. The highest BCUT2D eigenvalue weighted by Gasteiger charge is 2.30. The second kappa shape index (κ2) is 11.9. The third kappa shape index (κ3) is 5.99. The van der Waals surface area contributed by atoms with Crippen LogP contribution in [0.1, 0.15) is 37.1 Å². The van der Waals surface area contributed by atoms with Gasteiger partial charge in [-0.1, -0.05) is 35.9 Å². The summed E-state index contributed by atoms with van der Waals surface area (Å²) in [6.07, 6.45) is 1.65. The molecule has 0 radical (unpaired) electrons. The molecule has 3 aromatic carbocycles. The second-order valence-corrected chi connectivity index (χ2v) is 12.0.